The van der Waals surface area contributed by atoms with Crippen LogP contribution in [-0.2, 0) is 9.59 Å². The van der Waals surface area contributed by atoms with Crippen LogP contribution in [0.2, 0.25) is 0 Å². The lowest BCUT2D eigenvalue weighted by Gasteiger charge is -2.11. The first-order chi connectivity index (χ1) is 7.69. The summed E-state index contributed by atoms with van der Waals surface area (Å²) in [5.74, 6) is -0.631. The van der Waals surface area contributed by atoms with Crippen LogP contribution in [0.25, 0.3) is 0 Å². The fourth-order valence-corrected chi connectivity index (χ4v) is 1.80. The Morgan fingerprint density at radius 1 is 0.938 bits per heavy atom. The lowest BCUT2D eigenvalue weighted by molar-refractivity contribution is -0.131. The summed E-state index contributed by atoms with van der Waals surface area (Å²) >= 11 is 0. The van der Waals surface area contributed by atoms with Gasteiger partial charge in [0.1, 0.15) is 0 Å². The minimum atomic E-state index is -0.334. The molecule has 0 aromatic carbocycles. The zero-order valence-corrected chi connectivity index (χ0v) is 10.2. The van der Waals surface area contributed by atoms with Gasteiger partial charge in [-0.3, -0.25) is 9.59 Å². The fourth-order valence-electron chi connectivity index (χ4n) is 1.80. The van der Waals surface area contributed by atoms with Crippen LogP contribution in [0.15, 0.2) is 23.3 Å². The molecule has 0 saturated carbocycles. The van der Waals surface area contributed by atoms with Gasteiger partial charge in [0.05, 0.1) is 0 Å². The molecule has 0 amide bonds. The van der Waals surface area contributed by atoms with Crippen molar-refractivity contribution in [1.82, 2.24) is 0 Å². The van der Waals surface area contributed by atoms with Gasteiger partial charge in [-0.1, -0.05) is 32.8 Å². The first-order valence-corrected chi connectivity index (χ1v) is 6.18. The van der Waals surface area contributed by atoms with E-state index in [1.165, 1.54) is 6.08 Å². The summed E-state index contributed by atoms with van der Waals surface area (Å²) in [5.41, 5.74) is 1.73. The molecule has 0 aromatic heterocycles. The molecule has 0 unspecified atom stereocenters. The number of unbranched alkanes of at least 4 members (excludes halogenated alkanes) is 2. The Hall–Kier alpha value is -1.18. The highest BCUT2D eigenvalue weighted by atomic mass is 16.2. The van der Waals surface area contributed by atoms with Gasteiger partial charge in [0.2, 0.25) is 11.6 Å². The number of ketones is 2. The van der Waals surface area contributed by atoms with Crippen LogP contribution in [0.5, 0.6) is 0 Å². The van der Waals surface area contributed by atoms with E-state index in [9.17, 15) is 9.59 Å². The number of carbonyl (C=O) groups is 2. The lowest BCUT2D eigenvalue weighted by atomic mass is 9.91. The van der Waals surface area contributed by atoms with Crippen molar-refractivity contribution in [2.75, 3.05) is 0 Å². The van der Waals surface area contributed by atoms with Gasteiger partial charge in [-0.05, 0) is 37.3 Å². The maximum absolute atomic E-state index is 11.6. The van der Waals surface area contributed by atoms with Crippen molar-refractivity contribution in [3.63, 3.8) is 0 Å². The second-order valence-corrected chi connectivity index (χ2v) is 4.29. The van der Waals surface area contributed by atoms with Crippen LogP contribution in [0.3, 0.4) is 0 Å². The smallest absolute Gasteiger partial charge is 0.228 e. The van der Waals surface area contributed by atoms with E-state index in [0.717, 1.165) is 44.1 Å². The maximum Gasteiger partial charge on any atom is 0.228 e. The minimum absolute atomic E-state index is 0.298. The third-order valence-corrected chi connectivity index (χ3v) is 2.81. The molecule has 1 aliphatic rings. The largest absolute Gasteiger partial charge is 0.286 e. The topological polar surface area (TPSA) is 34.1 Å². The molecule has 16 heavy (non-hydrogen) atoms. The average molecular weight is 220 g/mol. The fraction of sp³-hybridized carbons (Fsp3) is 0.571. The lowest BCUT2D eigenvalue weighted by Crippen LogP contribution is -2.18. The zero-order valence-electron chi connectivity index (χ0n) is 10.2. The van der Waals surface area contributed by atoms with Gasteiger partial charge in [-0.15, -0.1) is 0 Å². The van der Waals surface area contributed by atoms with Gasteiger partial charge >= 0.3 is 0 Å². The number of hydrogen-bond donors (Lipinski definition) is 0. The van der Waals surface area contributed by atoms with Crippen molar-refractivity contribution in [1.29, 1.82) is 0 Å². The molecule has 0 aliphatic heterocycles. The van der Waals surface area contributed by atoms with Crippen molar-refractivity contribution >= 4 is 11.6 Å². The van der Waals surface area contributed by atoms with Crippen molar-refractivity contribution in [2.24, 2.45) is 0 Å². The van der Waals surface area contributed by atoms with E-state index in [4.69, 9.17) is 0 Å². The quantitative estimate of drug-likeness (QED) is 0.508. The monoisotopic (exact) mass is 220 g/mol. The summed E-state index contributed by atoms with van der Waals surface area (Å²) in [6.45, 7) is 4.21. The van der Waals surface area contributed by atoms with Crippen LogP contribution >= 0.6 is 0 Å². The molecule has 1 aliphatic carbocycles. The van der Waals surface area contributed by atoms with Gasteiger partial charge in [0, 0.05) is 5.57 Å². The summed E-state index contributed by atoms with van der Waals surface area (Å²) in [4.78, 5) is 23.1. The van der Waals surface area contributed by atoms with E-state index >= 15 is 0 Å². The highest BCUT2D eigenvalue weighted by molar-refractivity contribution is 6.48. The predicted molar refractivity (Wildman–Crippen MR) is 65.2 cm³/mol. The van der Waals surface area contributed by atoms with Gasteiger partial charge in [0.15, 0.2) is 0 Å². The van der Waals surface area contributed by atoms with Gasteiger partial charge in [-0.25, -0.2) is 0 Å². The Kier molecular flexibility index (Phi) is 5.17. The molecule has 0 N–H and O–H groups in total. The molecule has 2 heteroatoms. The molecule has 0 fully saturated rings. The number of carbonyl (C=O) groups excluding carboxylic acids is 2. The summed E-state index contributed by atoms with van der Waals surface area (Å²) in [5, 5.41) is 0. The molecule has 0 bridgehead atoms. The summed E-state index contributed by atoms with van der Waals surface area (Å²) in [6.07, 6.45) is 9.29. The molecule has 0 radical (unpaired) electrons. The van der Waals surface area contributed by atoms with Gasteiger partial charge in [0.25, 0.3) is 0 Å². The molecular formula is C14H20O2. The molecule has 0 spiro atoms. The van der Waals surface area contributed by atoms with Crippen LogP contribution in [0.1, 0.15) is 52.4 Å². The van der Waals surface area contributed by atoms with Crippen molar-refractivity contribution < 1.29 is 9.59 Å². The third kappa shape index (κ3) is 3.44. The highest BCUT2D eigenvalue weighted by Gasteiger charge is 2.21. The molecule has 88 valence electrons. The Labute approximate surface area is 97.4 Å². The second kappa shape index (κ2) is 6.41. The standard InChI is InChI=1S/C14H20O2/c1-3-5-7-11-9-12(8-6-4-2)14(16)13(15)10-11/h9-10H,3-8H2,1-2H3. The Morgan fingerprint density at radius 3 is 2.19 bits per heavy atom. The van der Waals surface area contributed by atoms with E-state index < -0.39 is 0 Å². The van der Waals surface area contributed by atoms with Gasteiger partial charge in [-0.2, -0.15) is 0 Å². The maximum atomic E-state index is 11.6. The Morgan fingerprint density at radius 2 is 1.56 bits per heavy atom. The van der Waals surface area contributed by atoms with Crippen molar-refractivity contribution in [3.05, 3.63) is 23.3 Å². The second-order valence-electron chi connectivity index (χ2n) is 4.29. The van der Waals surface area contributed by atoms with Crippen molar-refractivity contribution in [3.8, 4) is 0 Å². The predicted octanol–water partition coefficient (Wildman–Crippen LogP) is 3.37. The van der Waals surface area contributed by atoms with Crippen LogP contribution < -0.4 is 0 Å². The molecule has 1 rings (SSSR count). The SMILES string of the molecule is CCCCC1=CC(=O)C(=O)C(CCCC)=C1. The number of Topliss-reactive ketones (excluding diaryl/α,β-unsaturated/α-hetero) is 1. The van der Waals surface area contributed by atoms with Crippen LogP contribution in [-0.4, -0.2) is 11.6 Å². The van der Waals surface area contributed by atoms with Crippen LogP contribution in [0.4, 0.5) is 0 Å². The third-order valence-electron chi connectivity index (χ3n) is 2.81. The Balaban J connectivity index is 2.72. The van der Waals surface area contributed by atoms with E-state index in [1.54, 1.807) is 0 Å². The Bertz CT molecular complexity index is 335. The first kappa shape index (κ1) is 12.9. The van der Waals surface area contributed by atoms with Gasteiger partial charge < -0.3 is 0 Å². The molecule has 0 atom stereocenters. The normalized spacial score (nSPS) is 16.1. The summed E-state index contributed by atoms with van der Waals surface area (Å²) in [6, 6.07) is 0. The number of allylic oxidation sites excluding steroid dienone is 4. The van der Waals surface area contributed by atoms with E-state index in [-0.39, 0.29) is 11.6 Å². The molecule has 0 saturated heterocycles. The molecular weight excluding hydrogens is 200 g/mol. The minimum Gasteiger partial charge on any atom is -0.286 e. The average Bonchev–Trinajstić information content (AvgIpc) is 2.28. The number of rotatable bonds is 6. The van der Waals surface area contributed by atoms with E-state index in [0.29, 0.717) is 5.57 Å². The van der Waals surface area contributed by atoms with E-state index in [2.05, 4.69) is 13.8 Å². The van der Waals surface area contributed by atoms with Crippen LogP contribution in [0, 0.1) is 0 Å². The van der Waals surface area contributed by atoms with Crippen molar-refractivity contribution in [2.45, 2.75) is 52.4 Å². The first-order valence-electron chi connectivity index (χ1n) is 6.18. The number of hydrogen-bond acceptors (Lipinski definition) is 2. The molecule has 0 aromatic rings. The highest BCUT2D eigenvalue weighted by Crippen LogP contribution is 2.20. The zero-order chi connectivity index (χ0) is 12.0. The van der Waals surface area contributed by atoms with E-state index in [1.807, 2.05) is 6.08 Å². The summed E-state index contributed by atoms with van der Waals surface area (Å²) < 4.78 is 0. The molecule has 0 heterocycles. The summed E-state index contributed by atoms with van der Waals surface area (Å²) in [7, 11) is 0. The molecule has 2 nitrogen and oxygen atoms in total.